The van der Waals surface area contributed by atoms with Gasteiger partial charge in [-0.1, -0.05) is 25.9 Å². The molecule has 1 unspecified atom stereocenters. The van der Waals surface area contributed by atoms with E-state index in [-0.39, 0.29) is 11.5 Å². The Morgan fingerprint density at radius 2 is 2.24 bits per heavy atom. The van der Waals surface area contributed by atoms with E-state index in [1.54, 1.807) is 11.3 Å². The predicted molar refractivity (Wildman–Crippen MR) is 82.3 cm³/mol. The smallest absolute Gasteiger partial charge is 0.269 e. The molecular weight excluding hydrogens is 286 g/mol. The van der Waals surface area contributed by atoms with Crippen LogP contribution in [0.4, 0.5) is 0 Å². The zero-order valence-corrected chi connectivity index (χ0v) is 13.7. The highest BCUT2D eigenvalue weighted by Gasteiger charge is 2.26. The molecule has 0 bridgehead atoms. The molecule has 0 aromatic carbocycles. The summed E-state index contributed by atoms with van der Waals surface area (Å²) in [6.07, 6.45) is 1.82. The number of nitrogens with zero attached hydrogens (tertiary/aromatic N) is 4. The fourth-order valence-electron chi connectivity index (χ4n) is 2.28. The van der Waals surface area contributed by atoms with Gasteiger partial charge in [-0.05, 0) is 7.05 Å². The Bertz CT molecular complexity index is 615. The first-order valence-electron chi connectivity index (χ1n) is 7.16. The lowest BCUT2D eigenvalue weighted by Gasteiger charge is -2.30. The van der Waals surface area contributed by atoms with Crippen LogP contribution in [0.2, 0.25) is 0 Å². The normalized spacial score (nSPS) is 20.9. The van der Waals surface area contributed by atoms with Gasteiger partial charge in [0.25, 0.3) is 5.89 Å². The molecule has 1 atom stereocenters. The summed E-state index contributed by atoms with van der Waals surface area (Å²) in [4.78, 5) is 12.2. The van der Waals surface area contributed by atoms with Crippen LogP contribution in [-0.2, 0) is 5.41 Å². The Morgan fingerprint density at radius 3 is 2.90 bits per heavy atom. The summed E-state index contributed by atoms with van der Waals surface area (Å²) in [5.41, 5.74) is 0.0409. The van der Waals surface area contributed by atoms with Gasteiger partial charge in [-0.25, -0.2) is 4.98 Å². The van der Waals surface area contributed by atoms with E-state index >= 15 is 0 Å². The van der Waals surface area contributed by atoms with E-state index in [0.717, 1.165) is 35.3 Å². The van der Waals surface area contributed by atoms with E-state index < -0.39 is 0 Å². The average Bonchev–Trinajstić information content (AvgIpc) is 3.07. The summed E-state index contributed by atoms with van der Waals surface area (Å²) in [6.45, 7) is 9.29. The number of likely N-dealkylation sites (N-methyl/N-ethyl adjacent to an activating group) is 1. The number of aromatic nitrogens is 3. The second kappa shape index (κ2) is 5.47. The van der Waals surface area contributed by atoms with Crippen LogP contribution in [0.5, 0.6) is 0 Å². The molecule has 2 aromatic rings. The van der Waals surface area contributed by atoms with Gasteiger partial charge in [-0.3, -0.25) is 4.90 Å². The van der Waals surface area contributed by atoms with Gasteiger partial charge >= 0.3 is 0 Å². The summed E-state index contributed by atoms with van der Waals surface area (Å²) in [7, 11) is 2.09. The summed E-state index contributed by atoms with van der Waals surface area (Å²) in [6, 6.07) is 0.172. The maximum absolute atomic E-state index is 5.43. The van der Waals surface area contributed by atoms with E-state index in [4.69, 9.17) is 4.52 Å². The molecule has 3 rings (SSSR count). The highest BCUT2D eigenvalue weighted by atomic mass is 32.1. The van der Waals surface area contributed by atoms with Gasteiger partial charge in [-0.2, -0.15) is 4.98 Å². The monoisotopic (exact) mass is 307 g/mol. The minimum atomic E-state index is 0.0409. The third kappa shape index (κ3) is 3.00. The lowest BCUT2D eigenvalue weighted by atomic mass is 9.98. The minimum absolute atomic E-state index is 0.0409. The number of nitrogens with one attached hydrogen (secondary N) is 1. The van der Waals surface area contributed by atoms with Crippen molar-refractivity contribution < 1.29 is 4.52 Å². The number of rotatable bonds is 2. The van der Waals surface area contributed by atoms with Crippen molar-refractivity contribution in [2.24, 2.45) is 0 Å². The van der Waals surface area contributed by atoms with Gasteiger partial charge in [-0.15, -0.1) is 11.3 Å². The minimum Gasteiger partial charge on any atom is -0.333 e. The van der Waals surface area contributed by atoms with Crippen LogP contribution in [0.3, 0.4) is 0 Å². The largest absolute Gasteiger partial charge is 0.333 e. The molecule has 0 spiro atoms. The first kappa shape index (κ1) is 14.6. The van der Waals surface area contributed by atoms with Crippen molar-refractivity contribution >= 4 is 11.3 Å². The molecule has 0 aliphatic carbocycles. The molecule has 21 heavy (non-hydrogen) atoms. The number of thiazole rings is 1. The van der Waals surface area contributed by atoms with E-state index in [9.17, 15) is 0 Å². The number of hydrogen-bond donors (Lipinski definition) is 1. The molecule has 7 heteroatoms. The van der Waals surface area contributed by atoms with Gasteiger partial charge in [0.05, 0.1) is 17.2 Å². The van der Waals surface area contributed by atoms with Gasteiger partial charge in [0.2, 0.25) is 0 Å². The summed E-state index contributed by atoms with van der Waals surface area (Å²) < 4.78 is 5.43. The van der Waals surface area contributed by atoms with Crippen LogP contribution in [0.25, 0.3) is 10.8 Å². The van der Waals surface area contributed by atoms with Crippen molar-refractivity contribution in [2.45, 2.75) is 32.2 Å². The molecule has 114 valence electrons. The van der Waals surface area contributed by atoms with Gasteiger partial charge in [0.1, 0.15) is 4.88 Å². The number of hydrogen-bond acceptors (Lipinski definition) is 7. The Morgan fingerprint density at radius 1 is 1.43 bits per heavy atom. The average molecular weight is 307 g/mol. The molecule has 6 nitrogen and oxygen atoms in total. The molecule has 1 N–H and O–H groups in total. The Hall–Kier alpha value is -1.31. The molecule has 1 aliphatic rings. The van der Waals surface area contributed by atoms with Crippen molar-refractivity contribution in [3.8, 4) is 10.8 Å². The van der Waals surface area contributed by atoms with Crippen LogP contribution >= 0.6 is 11.3 Å². The standard InChI is InChI=1S/C14H21N5OS/c1-14(2,3)13-16-8-10(21-13)12-17-11(18-20-12)9-7-15-5-6-19(9)4/h8-9,15H,5-7H2,1-4H3. The molecule has 1 saturated heterocycles. The number of piperazine rings is 1. The summed E-state index contributed by atoms with van der Waals surface area (Å²) >= 11 is 1.62. The van der Waals surface area contributed by atoms with E-state index in [0.29, 0.717) is 5.89 Å². The second-order valence-electron chi connectivity index (χ2n) is 6.44. The molecule has 0 radical (unpaired) electrons. The van der Waals surface area contributed by atoms with Gasteiger partial charge < -0.3 is 9.84 Å². The first-order chi connectivity index (χ1) is 9.95. The van der Waals surface area contributed by atoms with E-state index in [1.807, 2.05) is 6.20 Å². The highest BCUT2D eigenvalue weighted by molar-refractivity contribution is 7.15. The maximum atomic E-state index is 5.43. The quantitative estimate of drug-likeness (QED) is 0.916. The lowest BCUT2D eigenvalue weighted by Crippen LogP contribution is -2.44. The fraction of sp³-hybridized carbons (Fsp3) is 0.643. The van der Waals surface area contributed by atoms with Gasteiger partial charge in [0.15, 0.2) is 5.82 Å². The fourth-order valence-corrected chi connectivity index (χ4v) is 3.18. The predicted octanol–water partition coefficient (Wildman–Crippen LogP) is 2.07. The zero-order valence-electron chi connectivity index (χ0n) is 12.9. The van der Waals surface area contributed by atoms with Crippen LogP contribution in [0, 0.1) is 0 Å². The van der Waals surface area contributed by atoms with Crippen LogP contribution in [0.1, 0.15) is 37.6 Å². The molecule has 3 heterocycles. The second-order valence-corrected chi connectivity index (χ2v) is 7.47. The molecular formula is C14H21N5OS. The van der Waals surface area contributed by atoms with Crippen molar-refractivity contribution in [3.05, 3.63) is 17.0 Å². The summed E-state index contributed by atoms with van der Waals surface area (Å²) in [5, 5.41) is 8.59. The maximum Gasteiger partial charge on any atom is 0.269 e. The van der Waals surface area contributed by atoms with Crippen molar-refractivity contribution in [1.82, 2.24) is 25.3 Å². The first-order valence-corrected chi connectivity index (χ1v) is 7.98. The third-order valence-electron chi connectivity index (χ3n) is 3.61. The summed E-state index contributed by atoms with van der Waals surface area (Å²) in [5.74, 6) is 1.31. The van der Waals surface area contributed by atoms with Crippen LogP contribution in [-0.4, -0.2) is 46.7 Å². The Kier molecular flexibility index (Phi) is 3.81. The molecule has 0 amide bonds. The SMILES string of the molecule is CN1CCNCC1c1noc(-c2cnc(C(C)(C)C)s2)n1. The van der Waals surface area contributed by atoms with Crippen LogP contribution in [0.15, 0.2) is 10.7 Å². The highest BCUT2D eigenvalue weighted by Crippen LogP contribution is 2.32. The lowest BCUT2D eigenvalue weighted by molar-refractivity contribution is 0.190. The molecule has 1 aliphatic heterocycles. The third-order valence-corrected chi connectivity index (χ3v) is 5.02. The van der Waals surface area contributed by atoms with Crippen LogP contribution < -0.4 is 5.32 Å². The Balaban J connectivity index is 1.83. The molecule has 0 saturated carbocycles. The van der Waals surface area contributed by atoms with E-state index in [2.05, 4.69) is 53.2 Å². The van der Waals surface area contributed by atoms with E-state index in [1.165, 1.54) is 0 Å². The molecule has 2 aromatic heterocycles. The topological polar surface area (TPSA) is 67.1 Å². The van der Waals surface area contributed by atoms with Gasteiger partial charge in [0, 0.05) is 25.0 Å². The van der Waals surface area contributed by atoms with Crippen molar-refractivity contribution in [3.63, 3.8) is 0 Å². The van der Waals surface area contributed by atoms with Crippen molar-refractivity contribution in [2.75, 3.05) is 26.7 Å². The van der Waals surface area contributed by atoms with Crippen molar-refractivity contribution in [1.29, 1.82) is 0 Å². The zero-order chi connectivity index (χ0) is 15.0. The molecule has 1 fully saturated rings. The Labute approximate surface area is 128 Å².